The van der Waals surface area contributed by atoms with Crippen LogP contribution in [0.15, 0.2) is 25.3 Å². The summed E-state index contributed by atoms with van der Waals surface area (Å²) in [5.41, 5.74) is 0. The van der Waals surface area contributed by atoms with Gasteiger partial charge in [-0.15, -0.1) is 0 Å². The zero-order valence-electron chi connectivity index (χ0n) is 6.35. The third-order valence-corrected chi connectivity index (χ3v) is 1.24. The van der Waals surface area contributed by atoms with Crippen molar-refractivity contribution in [3.63, 3.8) is 0 Å². The van der Waals surface area contributed by atoms with Crippen LogP contribution >= 0.6 is 0 Å². The van der Waals surface area contributed by atoms with Crippen molar-refractivity contribution in [2.75, 3.05) is 0 Å². The number of aromatic nitrogens is 2. The van der Waals surface area contributed by atoms with Crippen LogP contribution in [-0.4, -0.2) is 15.6 Å². The Morgan fingerprint density at radius 3 is 2.83 bits per heavy atom. The summed E-state index contributed by atoms with van der Waals surface area (Å²) in [7, 11) is 0. The van der Waals surface area contributed by atoms with Crippen molar-refractivity contribution in [3.8, 4) is 0 Å². The van der Waals surface area contributed by atoms with Crippen LogP contribution in [0.5, 0.6) is 0 Å². The summed E-state index contributed by atoms with van der Waals surface area (Å²) in [6.45, 7) is 3.51. The molecule has 0 spiro atoms. The smallest absolute Gasteiger partial charge is 0.346 e. The first-order valence-corrected chi connectivity index (χ1v) is 3.13. The van der Waals surface area contributed by atoms with Gasteiger partial charge in [0.15, 0.2) is 6.54 Å². The molecule has 0 radical (unpaired) electrons. The van der Waals surface area contributed by atoms with Gasteiger partial charge in [0.1, 0.15) is 12.4 Å². The van der Waals surface area contributed by atoms with Gasteiger partial charge in [-0.3, -0.25) is 0 Å². The van der Waals surface area contributed by atoms with E-state index in [1.54, 1.807) is 34.1 Å². The molecule has 5 heteroatoms. The molecule has 1 aromatic heterocycles. The van der Waals surface area contributed by atoms with Crippen molar-refractivity contribution in [2.45, 2.75) is 6.54 Å². The normalized spacial score (nSPS) is 8.67. The topological polar surface area (TPSA) is 46.1 Å². The largest absolute Gasteiger partial charge is 1.00 e. The maximum Gasteiger partial charge on any atom is 0.346 e. The highest BCUT2D eigenvalue weighted by Gasteiger charge is 2.04. The van der Waals surface area contributed by atoms with Crippen molar-refractivity contribution in [1.29, 1.82) is 0 Å². The first-order chi connectivity index (χ1) is 5.22. The van der Waals surface area contributed by atoms with Crippen LogP contribution in [0.3, 0.4) is 0 Å². The number of carboxylic acids is 1. The number of nitrogens with zero attached hydrogens (tertiary/aromatic N) is 2. The highest BCUT2D eigenvalue weighted by molar-refractivity contribution is 5.66. The highest BCUT2D eigenvalue weighted by Crippen LogP contribution is 1.83. The first-order valence-electron chi connectivity index (χ1n) is 3.13. The molecule has 0 saturated carbocycles. The number of carboxylic acid groups (broad SMARTS) is 1. The van der Waals surface area contributed by atoms with Gasteiger partial charge in [0.2, 0.25) is 6.33 Å². The fraction of sp³-hybridized carbons (Fsp3) is 0.143. The van der Waals surface area contributed by atoms with Crippen molar-refractivity contribution < 1.29 is 31.4 Å². The second-order valence-electron chi connectivity index (χ2n) is 2.11. The van der Waals surface area contributed by atoms with Crippen LogP contribution in [0, 0.1) is 0 Å². The molecule has 1 heterocycles. The molecule has 1 rings (SSSR count). The van der Waals surface area contributed by atoms with E-state index in [0.29, 0.717) is 0 Å². The van der Waals surface area contributed by atoms with Crippen LogP contribution < -0.4 is 21.5 Å². The third kappa shape index (κ3) is 2.87. The fourth-order valence-electron chi connectivity index (χ4n) is 0.769. The number of imidazole rings is 1. The number of hydrogen-bond donors (Lipinski definition) is 1. The van der Waals surface area contributed by atoms with E-state index in [1.807, 2.05) is 0 Å². The minimum atomic E-state index is -0.850. The Labute approximate surface area is 80.5 Å². The molecule has 0 aliphatic heterocycles. The minimum Gasteiger partial charge on any atom is -1.00 e. The van der Waals surface area contributed by atoms with Crippen LogP contribution in [0.2, 0.25) is 0 Å². The number of carbonyl (C=O) groups is 1. The Hall–Kier alpha value is -1.10. The zero-order valence-corrected chi connectivity index (χ0v) is 7.94. The highest BCUT2D eigenvalue weighted by atomic mass is 79.9. The molecule has 0 aliphatic rings. The quantitative estimate of drug-likeness (QED) is 0.564. The number of halogens is 1. The lowest BCUT2D eigenvalue weighted by Crippen LogP contribution is -3.00. The summed E-state index contributed by atoms with van der Waals surface area (Å²) in [6, 6.07) is 0. The van der Waals surface area contributed by atoms with E-state index in [-0.39, 0.29) is 23.5 Å². The minimum absolute atomic E-state index is 0. The molecule has 0 aliphatic carbocycles. The van der Waals surface area contributed by atoms with Crippen LogP contribution in [-0.2, 0) is 11.3 Å². The maximum absolute atomic E-state index is 10.2. The first kappa shape index (κ1) is 10.9. The second kappa shape index (κ2) is 4.71. The predicted molar refractivity (Wildman–Crippen MR) is 38.6 cm³/mol. The fourth-order valence-corrected chi connectivity index (χ4v) is 0.769. The average Bonchev–Trinajstić information content (AvgIpc) is 2.34. The van der Waals surface area contributed by atoms with Crippen LogP contribution in [0.25, 0.3) is 6.20 Å². The van der Waals surface area contributed by atoms with Gasteiger partial charge in [0, 0.05) is 0 Å². The average molecular weight is 233 g/mol. The summed E-state index contributed by atoms with van der Waals surface area (Å²) in [6.07, 6.45) is 6.66. The molecule has 1 N–H and O–H groups in total. The Bertz CT molecular complexity index is 283. The Kier molecular flexibility index (Phi) is 4.28. The summed E-state index contributed by atoms with van der Waals surface area (Å²) in [4.78, 5) is 10.2. The van der Waals surface area contributed by atoms with E-state index in [0.717, 1.165) is 0 Å². The van der Waals surface area contributed by atoms with E-state index in [2.05, 4.69) is 6.58 Å². The Morgan fingerprint density at radius 2 is 2.42 bits per heavy atom. The standard InChI is InChI=1S/C7H8N2O2.BrH/c1-2-8-3-4-9(6-8)5-7(10)11;/h2-4,6H,1,5H2;1H. The van der Waals surface area contributed by atoms with Gasteiger partial charge in [-0.2, -0.15) is 0 Å². The molecule has 0 unspecified atom stereocenters. The zero-order chi connectivity index (χ0) is 8.27. The van der Waals surface area contributed by atoms with E-state index >= 15 is 0 Å². The molecule has 66 valence electrons. The second-order valence-corrected chi connectivity index (χ2v) is 2.11. The molecule has 0 fully saturated rings. The van der Waals surface area contributed by atoms with Gasteiger partial charge in [-0.1, -0.05) is 6.58 Å². The molecule has 0 atom stereocenters. The summed E-state index contributed by atoms with van der Waals surface area (Å²) >= 11 is 0. The van der Waals surface area contributed by atoms with Gasteiger partial charge in [0.25, 0.3) is 0 Å². The summed E-state index contributed by atoms with van der Waals surface area (Å²) in [5, 5.41) is 8.39. The van der Waals surface area contributed by atoms with Crippen molar-refractivity contribution in [1.82, 2.24) is 4.57 Å². The molecule has 1 aromatic rings. The molecular formula is C7H9BrN2O2. The Balaban J connectivity index is 0.00000121. The lowest BCUT2D eigenvalue weighted by Gasteiger charge is -1.86. The number of aliphatic carboxylic acids is 1. The predicted octanol–water partition coefficient (Wildman–Crippen LogP) is -3.04. The molecular weight excluding hydrogens is 224 g/mol. The lowest BCUT2D eigenvalue weighted by atomic mass is 10.6. The molecule has 4 nitrogen and oxygen atoms in total. The van der Waals surface area contributed by atoms with Gasteiger partial charge in [-0.05, 0) is 0 Å². The molecule has 0 aromatic carbocycles. The van der Waals surface area contributed by atoms with Crippen molar-refractivity contribution >= 4 is 12.2 Å². The third-order valence-electron chi connectivity index (χ3n) is 1.24. The monoisotopic (exact) mass is 232 g/mol. The summed E-state index contributed by atoms with van der Waals surface area (Å²) in [5.74, 6) is -0.850. The van der Waals surface area contributed by atoms with E-state index in [4.69, 9.17) is 5.11 Å². The van der Waals surface area contributed by atoms with Gasteiger partial charge in [0.05, 0.1) is 6.20 Å². The SMILES string of the molecule is C=C[n+]1ccn(CC(=O)O)c1.[Br-]. The molecule has 0 bridgehead atoms. The lowest BCUT2D eigenvalue weighted by molar-refractivity contribution is -0.567. The molecule has 12 heavy (non-hydrogen) atoms. The van der Waals surface area contributed by atoms with Gasteiger partial charge in [-0.25, -0.2) is 13.9 Å². The van der Waals surface area contributed by atoms with Gasteiger partial charge < -0.3 is 22.1 Å². The van der Waals surface area contributed by atoms with Crippen molar-refractivity contribution in [2.24, 2.45) is 0 Å². The molecule has 0 amide bonds. The Morgan fingerprint density at radius 1 is 1.75 bits per heavy atom. The molecule has 0 saturated heterocycles. The van der Waals surface area contributed by atoms with E-state index in [1.165, 1.54) is 0 Å². The van der Waals surface area contributed by atoms with Crippen LogP contribution in [0.4, 0.5) is 0 Å². The van der Waals surface area contributed by atoms with Gasteiger partial charge >= 0.3 is 5.97 Å². The van der Waals surface area contributed by atoms with Crippen molar-refractivity contribution in [3.05, 3.63) is 25.3 Å². The number of rotatable bonds is 3. The number of hydrogen-bond acceptors (Lipinski definition) is 1. The maximum atomic E-state index is 10.2. The van der Waals surface area contributed by atoms with E-state index < -0.39 is 5.97 Å². The van der Waals surface area contributed by atoms with Crippen LogP contribution in [0.1, 0.15) is 0 Å². The summed E-state index contributed by atoms with van der Waals surface area (Å²) < 4.78 is 3.24. The van der Waals surface area contributed by atoms with E-state index in [9.17, 15) is 4.79 Å².